The Balaban J connectivity index is 1.68. The lowest BCUT2D eigenvalue weighted by atomic mass is 10.1. The van der Waals surface area contributed by atoms with Crippen LogP contribution in [-0.4, -0.2) is 59.4 Å². The average Bonchev–Trinajstić information content (AvgIpc) is 2.90. The second kappa shape index (κ2) is 8.27. The van der Waals surface area contributed by atoms with Crippen molar-refractivity contribution in [3.63, 3.8) is 0 Å². The zero-order valence-corrected chi connectivity index (χ0v) is 14.9. The molecule has 3 rings (SSSR count). The summed E-state index contributed by atoms with van der Waals surface area (Å²) in [7, 11) is 0. The summed E-state index contributed by atoms with van der Waals surface area (Å²) in [5.41, 5.74) is 1.22. The number of amides is 2. The maximum absolute atomic E-state index is 12.6. The second-order valence-electron chi connectivity index (χ2n) is 6.98. The van der Waals surface area contributed by atoms with Gasteiger partial charge in [-0.3, -0.25) is 9.59 Å². The number of aryl methyl sites for hydroxylation is 1. The molecule has 1 aliphatic heterocycles. The molecule has 25 heavy (non-hydrogen) atoms. The molecule has 2 aliphatic rings. The van der Waals surface area contributed by atoms with Crippen LogP contribution in [0.25, 0.3) is 0 Å². The van der Waals surface area contributed by atoms with E-state index in [1.54, 1.807) is 11.0 Å². The minimum absolute atomic E-state index is 0.106. The summed E-state index contributed by atoms with van der Waals surface area (Å²) >= 11 is 0. The summed E-state index contributed by atoms with van der Waals surface area (Å²) in [6.07, 6.45) is 7.86. The first-order chi connectivity index (χ1) is 12.2. The van der Waals surface area contributed by atoms with Crippen LogP contribution in [0.2, 0.25) is 0 Å². The highest BCUT2D eigenvalue weighted by Crippen LogP contribution is 2.18. The summed E-state index contributed by atoms with van der Waals surface area (Å²) in [6.45, 7) is 4.57. The molecule has 1 saturated carbocycles. The number of anilines is 1. The van der Waals surface area contributed by atoms with Gasteiger partial charge < -0.3 is 15.1 Å². The lowest BCUT2D eigenvalue weighted by Gasteiger charge is -2.32. The fourth-order valence-electron chi connectivity index (χ4n) is 3.52. The Labute approximate surface area is 148 Å². The Morgan fingerprint density at radius 2 is 1.80 bits per heavy atom. The van der Waals surface area contributed by atoms with Gasteiger partial charge in [0, 0.05) is 37.9 Å². The van der Waals surface area contributed by atoms with Crippen LogP contribution < -0.4 is 10.2 Å². The lowest BCUT2D eigenvalue weighted by molar-refractivity contribution is -0.118. The van der Waals surface area contributed by atoms with E-state index in [4.69, 9.17) is 0 Å². The molecule has 2 fully saturated rings. The minimum Gasteiger partial charge on any atom is -0.348 e. The SMILES string of the molecule is Cc1cc(C(=O)NC2CCCCCC2)nc(N2CCN(C=O)CC2)n1. The van der Waals surface area contributed by atoms with Crippen LogP contribution >= 0.6 is 0 Å². The third kappa shape index (κ3) is 4.67. The highest BCUT2D eigenvalue weighted by molar-refractivity contribution is 5.92. The molecule has 1 aromatic rings. The third-order valence-electron chi connectivity index (χ3n) is 5.01. The molecule has 1 aliphatic carbocycles. The van der Waals surface area contributed by atoms with E-state index in [-0.39, 0.29) is 11.9 Å². The summed E-state index contributed by atoms with van der Waals surface area (Å²) in [5, 5.41) is 3.15. The van der Waals surface area contributed by atoms with Gasteiger partial charge in [0.15, 0.2) is 0 Å². The molecule has 1 aromatic heterocycles. The van der Waals surface area contributed by atoms with Crippen molar-refractivity contribution in [1.29, 1.82) is 0 Å². The van der Waals surface area contributed by atoms with Crippen LogP contribution in [-0.2, 0) is 4.79 Å². The molecule has 2 amide bonds. The zero-order chi connectivity index (χ0) is 17.6. The fourth-order valence-corrected chi connectivity index (χ4v) is 3.52. The predicted octanol–water partition coefficient (Wildman–Crippen LogP) is 1.52. The molecule has 1 N–H and O–H groups in total. The van der Waals surface area contributed by atoms with E-state index in [1.807, 2.05) is 11.8 Å². The van der Waals surface area contributed by atoms with Crippen LogP contribution in [0.5, 0.6) is 0 Å². The first-order valence-corrected chi connectivity index (χ1v) is 9.26. The van der Waals surface area contributed by atoms with Crippen LogP contribution in [0, 0.1) is 6.92 Å². The van der Waals surface area contributed by atoms with Gasteiger partial charge in [-0.25, -0.2) is 9.97 Å². The predicted molar refractivity (Wildman–Crippen MR) is 95.6 cm³/mol. The standard InChI is InChI=1S/C18H27N5O2/c1-14-12-16(17(25)20-15-6-4-2-3-5-7-15)21-18(19-14)23-10-8-22(13-24)9-11-23/h12-13,15H,2-11H2,1H3,(H,20,25). The Bertz CT molecular complexity index is 605. The topological polar surface area (TPSA) is 78.4 Å². The number of carbonyl (C=O) groups excluding carboxylic acids is 2. The maximum atomic E-state index is 12.6. The van der Waals surface area contributed by atoms with Crippen LogP contribution in [0.1, 0.15) is 54.7 Å². The lowest BCUT2D eigenvalue weighted by Crippen LogP contribution is -2.46. The average molecular weight is 345 g/mol. The van der Waals surface area contributed by atoms with E-state index in [2.05, 4.69) is 15.3 Å². The van der Waals surface area contributed by atoms with Gasteiger partial charge in [0.05, 0.1) is 0 Å². The molecule has 2 heterocycles. The van der Waals surface area contributed by atoms with Gasteiger partial charge in [-0.15, -0.1) is 0 Å². The van der Waals surface area contributed by atoms with E-state index in [9.17, 15) is 9.59 Å². The zero-order valence-electron chi connectivity index (χ0n) is 14.9. The molecule has 136 valence electrons. The van der Waals surface area contributed by atoms with E-state index in [0.717, 1.165) is 24.9 Å². The fraction of sp³-hybridized carbons (Fsp3) is 0.667. The van der Waals surface area contributed by atoms with Gasteiger partial charge >= 0.3 is 0 Å². The van der Waals surface area contributed by atoms with Crippen molar-refractivity contribution in [3.05, 3.63) is 17.5 Å². The number of aromatic nitrogens is 2. The summed E-state index contributed by atoms with van der Waals surface area (Å²) in [5.74, 6) is 0.474. The number of rotatable bonds is 4. The van der Waals surface area contributed by atoms with E-state index >= 15 is 0 Å². The quantitative estimate of drug-likeness (QED) is 0.661. The first kappa shape index (κ1) is 17.6. The molecule has 7 heteroatoms. The molecule has 0 aromatic carbocycles. The molecule has 0 bridgehead atoms. The third-order valence-corrected chi connectivity index (χ3v) is 5.01. The monoisotopic (exact) mass is 345 g/mol. The number of hydrogen-bond donors (Lipinski definition) is 1. The van der Waals surface area contributed by atoms with E-state index < -0.39 is 0 Å². The van der Waals surface area contributed by atoms with Crippen molar-refractivity contribution in [2.45, 2.75) is 51.5 Å². The largest absolute Gasteiger partial charge is 0.348 e. The van der Waals surface area contributed by atoms with Crippen LogP contribution in [0.15, 0.2) is 6.07 Å². The van der Waals surface area contributed by atoms with Crippen molar-refractivity contribution >= 4 is 18.3 Å². The van der Waals surface area contributed by atoms with E-state index in [0.29, 0.717) is 37.8 Å². The van der Waals surface area contributed by atoms with Gasteiger partial charge in [0.2, 0.25) is 12.4 Å². The highest BCUT2D eigenvalue weighted by atomic mass is 16.2. The Morgan fingerprint density at radius 3 is 2.44 bits per heavy atom. The Hall–Kier alpha value is -2.18. The van der Waals surface area contributed by atoms with Gasteiger partial charge in [0.25, 0.3) is 5.91 Å². The van der Waals surface area contributed by atoms with Crippen molar-refractivity contribution < 1.29 is 9.59 Å². The van der Waals surface area contributed by atoms with Gasteiger partial charge in [-0.05, 0) is 25.8 Å². The van der Waals surface area contributed by atoms with Gasteiger partial charge in [-0.1, -0.05) is 25.7 Å². The van der Waals surface area contributed by atoms with Gasteiger partial charge in [0.1, 0.15) is 5.69 Å². The molecule has 7 nitrogen and oxygen atoms in total. The Morgan fingerprint density at radius 1 is 1.12 bits per heavy atom. The van der Waals surface area contributed by atoms with Crippen molar-refractivity contribution in [2.24, 2.45) is 0 Å². The minimum atomic E-state index is -0.106. The van der Waals surface area contributed by atoms with E-state index in [1.165, 1.54) is 25.7 Å². The van der Waals surface area contributed by atoms with Crippen molar-refractivity contribution in [1.82, 2.24) is 20.2 Å². The smallest absolute Gasteiger partial charge is 0.270 e. The summed E-state index contributed by atoms with van der Waals surface area (Å²) in [6, 6.07) is 2.00. The van der Waals surface area contributed by atoms with Crippen LogP contribution in [0.4, 0.5) is 5.95 Å². The number of nitrogens with zero attached hydrogens (tertiary/aromatic N) is 4. The molecule has 0 unspecified atom stereocenters. The summed E-state index contributed by atoms with van der Waals surface area (Å²) in [4.78, 5) is 36.2. The van der Waals surface area contributed by atoms with Crippen molar-refractivity contribution in [3.8, 4) is 0 Å². The molecule has 0 radical (unpaired) electrons. The second-order valence-corrected chi connectivity index (χ2v) is 6.98. The summed E-state index contributed by atoms with van der Waals surface area (Å²) < 4.78 is 0. The normalized spacial score (nSPS) is 19.4. The van der Waals surface area contributed by atoms with Gasteiger partial charge in [-0.2, -0.15) is 0 Å². The number of hydrogen-bond acceptors (Lipinski definition) is 5. The first-order valence-electron chi connectivity index (χ1n) is 9.26. The molecular formula is C18H27N5O2. The molecule has 0 spiro atoms. The highest BCUT2D eigenvalue weighted by Gasteiger charge is 2.21. The number of carbonyl (C=O) groups is 2. The van der Waals surface area contributed by atoms with Crippen molar-refractivity contribution in [2.75, 3.05) is 31.1 Å². The number of piperazine rings is 1. The molecular weight excluding hydrogens is 318 g/mol. The Kier molecular flexibility index (Phi) is 5.83. The molecule has 0 atom stereocenters. The molecule has 1 saturated heterocycles. The van der Waals surface area contributed by atoms with Crippen LogP contribution in [0.3, 0.4) is 0 Å². The number of nitrogens with one attached hydrogen (secondary N) is 1. The maximum Gasteiger partial charge on any atom is 0.270 e.